The van der Waals surface area contributed by atoms with Crippen LogP contribution in [0.15, 0.2) is 24.3 Å². The number of nitrogens with one attached hydrogen (secondary N) is 2. The topological polar surface area (TPSA) is 41.1 Å². The van der Waals surface area contributed by atoms with Crippen molar-refractivity contribution in [2.75, 3.05) is 13.1 Å². The van der Waals surface area contributed by atoms with Crippen LogP contribution in [0.25, 0.3) is 0 Å². The summed E-state index contributed by atoms with van der Waals surface area (Å²) >= 11 is 0. The van der Waals surface area contributed by atoms with Crippen LogP contribution in [0.1, 0.15) is 56.6 Å². The van der Waals surface area contributed by atoms with Gasteiger partial charge in [0, 0.05) is 19.0 Å². The molecule has 3 nitrogen and oxygen atoms in total. The van der Waals surface area contributed by atoms with E-state index in [4.69, 9.17) is 0 Å². The van der Waals surface area contributed by atoms with Crippen LogP contribution in [0, 0.1) is 0 Å². The van der Waals surface area contributed by atoms with Crippen molar-refractivity contribution in [2.45, 2.75) is 51.5 Å². The van der Waals surface area contributed by atoms with Gasteiger partial charge in [0.2, 0.25) is 5.91 Å². The van der Waals surface area contributed by atoms with E-state index in [-0.39, 0.29) is 24.2 Å². The molecular weight excluding hydrogens is 284 g/mol. The molecule has 4 heteroatoms. The summed E-state index contributed by atoms with van der Waals surface area (Å²) in [5, 5.41) is 6.37. The van der Waals surface area contributed by atoms with E-state index in [0.29, 0.717) is 18.4 Å². The van der Waals surface area contributed by atoms with E-state index in [1.165, 1.54) is 11.1 Å². The fraction of sp³-hybridized carbons (Fsp3) is 0.588. The molecule has 0 bridgehead atoms. The quantitative estimate of drug-likeness (QED) is 0.877. The maximum absolute atomic E-state index is 12.0. The molecule has 1 aromatic carbocycles. The van der Waals surface area contributed by atoms with Gasteiger partial charge in [-0.25, -0.2) is 0 Å². The minimum atomic E-state index is 0. The molecule has 0 aliphatic carbocycles. The molecule has 1 heterocycles. The Morgan fingerprint density at radius 3 is 2.38 bits per heavy atom. The molecule has 2 unspecified atom stereocenters. The molecule has 1 aromatic rings. The lowest BCUT2D eigenvalue weighted by Gasteiger charge is -2.16. The van der Waals surface area contributed by atoms with Crippen LogP contribution < -0.4 is 10.6 Å². The van der Waals surface area contributed by atoms with Gasteiger partial charge in [-0.2, -0.15) is 0 Å². The van der Waals surface area contributed by atoms with Gasteiger partial charge in [-0.1, -0.05) is 45.0 Å². The number of carbonyl (C=O) groups is 1. The summed E-state index contributed by atoms with van der Waals surface area (Å²) in [4.78, 5) is 12.0. The maximum atomic E-state index is 12.0. The fourth-order valence-corrected chi connectivity index (χ4v) is 2.67. The Hall–Kier alpha value is -1.06. The van der Waals surface area contributed by atoms with Crippen molar-refractivity contribution in [3.05, 3.63) is 35.4 Å². The van der Waals surface area contributed by atoms with Crippen LogP contribution in [0.2, 0.25) is 0 Å². The minimum absolute atomic E-state index is 0. The van der Waals surface area contributed by atoms with Gasteiger partial charge in [0.15, 0.2) is 0 Å². The monoisotopic (exact) mass is 310 g/mol. The minimum Gasteiger partial charge on any atom is -0.352 e. The number of benzene rings is 1. The standard InChI is InChI=1S/C17H26N2O.ClH/c1-12(2)14-4-6-15(7-5-14)13(3)10-17(20)19-16-8-9-18-11-16;/h4-7,12-13,16,18H,8-11H2,1-3H3,(H,19,20);1H. The Bertz CT molecular complexity index is 439. The molecule has 1 saturated heterocycles. The zero-order valence-electron chi connectivity index (χ0n) is 13.2. The molecular formula is C17H27ClN2O. The molecule has 0 aromatic heterocycles. The van der Waals surface area contributed by atoms with E-state index < -0.39 is 0 Å². The third-order valence-electron chi connectivity index (χ3n) is 4.09. The molecule has 2 atom stereocenters. The second-order valence-electron chi connectivity index (χ2n) is 6.18. The van der Waals surface area contributed by atoms with Crippen LogP contribution in [-0.2, 0) is 4.79 Å². The predicted molar refractivity (Wildman–Crippen MR) is 90.2 cm³/mol. The average molecular weight is 311 g/mol. The summed E-state index contributed by atoms with van der Waals surface area (Å²) < 4.78 is 0. The summed E-state index contributed by atoms with van der Waals surface area (Å²) in [6.45, 7) is 8.43. The van der Waals surface area contributed by atoms with Crippen molar-refractivity contribution >= 4 is 18.3 Å². The summed E-state index contributed by atoms with van der Waals surface area (Å²) in [5.41, 5.74) is 2.59. The normalized spacial score (nSPS) is 19.1. The number of amides is 1. The van der Waals surface area contributed by atoms with E-state index in [9.17, 15) is 4.79 Å². The third-order valence-corrected chi connectivity index (χ3v) is 4.09. The van der Waals surface area contributed by atoms with Crippen molar-refractivity contribution in [3.63, 3.8) is 0 Å². The molecule has 1 aliphatic rings. The summed E-state index contributed by atoms with van der Waals surface area (Å²) in [6, 6.07) is 8.98. The Labute approximate surface area is 134 Å². The molecule has 1 amide bonds. The SMILES string of the molecule is CC(C)c1ccc(C(C)CC(=O)NC2CCNC2)cc1.Cl. The Kier molecular flexibility index (Phi) is 7.20. The summed E-state index contributed by atoms with van der Waals surface area (Å²) in [7, 11) is 0. The second kappa shape index (κ2) is 8.40. The first-order valence-electron chi connectivity index (χ1n) is 7.66. The zero-order valence-corrected chi connectivity index (χ0v) is 14.0. The molecule has 2 rings (SSSR count). The number of carbonyl (C=O) groups excluding carboxylic acids is 1. The highest BCUT2D eigenvalue weighted by molar-refractivity contribution is 5.85. The van der Waals surface area contributed by atoms with Crippen LogP contribution in [0.3, 0.4) is 0 Å². The predicted octanol–water partition coefficient (Wildman–Crippen LogP) is 3.20. The highest BCUT2D eigenvalue weighted by Crippen LogP contribution is 2.22. The van der Waals surface area contributed by atoms with Crippen molar-refractivity contribution in [1.29, 1.82) is 0 Å². The summed E-state index contributed by atoms with van der Waals surface area (Å²) in [6.07, 6.45) is 1.61. The number of rotatable bonds is 5. The molecule has 2 N–H and O–H groups in total. The van der Waals surface area contributed by atoms with Crippen molar-refractivity contribution in [1.82, 2.24) is 10.6 Å². The van der Waals surface area contributed by atoms with Crippen molar-refractivity contribution in [2.24, 2.45) is 0 Å². The van der Waals surface area contributed by atoms with Gasteiger partial charge in [-0.05, 0) is 35.9 Å². The zero-order chi connectivity index (χ0) is 14.5. The first kappa shape index (κ1) is 18.0. The van der Waals surface area contributed by atoms with Crippen LogP contribution in [-0.4, -0.2) is 25.0 Å². The van der Waals surface area contributed by atoms with Gasteiger partial charge < -0.3 is 10.6 Å². The van der Waals surface area contributed by atoms with Crippen LogP contribution >= 0.6 is 12.4 Å². The fourth-order valence-electron chi connectivity index (χ4n) is 2.67. The van der Waals surface area contributed by atoms with Crippen molar-refractivity contribution in [3.8, 4) is 0 Å². The van der Waals surface area contributed by atoms with E-state index in [1.54, 1.807) is 0 Å². The molecule has 21 heavy (non-hydrogen) atoms. The first-order chi connectivity index (χ1) is 9.56. The smallest absolute Gasteiger partial charge is 0.220 e. The number of halogens is 1. The lowest BCUT2D eigenvalue weighted by molar-refractivity contribution is -0.122. The van der Waals surface area contributed by atoms with E-state index in [0.717, 1.165) is 19.5 Å². The maximum Gasteiger partial charge on any atom is 0.220 e. The lowest BCUT2D eigenvalue weighted by Crippen LogP contribution is -2.36. The van der Waals surface area contributed by atoms with Gasteiger partial charge in [0.1, 0.15) is 0 Å². The average Bonchev–Trinajstić information content (AvgIpc) is 2.91. The highest BCUT2D eigenvalue weighted by Gasteiger charge is 2.18. The third kappa shape index (κ3) is 5.33. The molecule has 1 aliphatic heterocycles. The van der Waals surface area contributed by atoms with Gasteiger partial charge in [0.05, 0.1) is 0 Å². The van der Waals surface area contributed by atoms with Gasteiger partial charge >= 0.3 is 0 Å². The van der Waals surface area contributed by atoms with E-state index >= 15 is 0 Å². The number of hydrogen-bond acceptors (Lipinski definition) is 2. The molecule has 118 valence electrons. The Morgan fingerprint density at radius 1 is 1.24 bits per heavy atom. The molecule has 0 saturated carbocycles. The van der Waals surface area contributed by atoms with Gasteiger partial charge in [-0.15, -0.1) is 12.4 Å². The van der Waals surface area contributed by atoms with Gasteiger partial charge in [-0.3, -0.25) is 4.79 Å². The molecule has 0 spiro atoms. The van der Waals surface area contributed by atoms with Crippen molar-refractivity contribution < 1.29 is 4.79 Å². The molecule has 1 fully saturated rings. The molecule has 0 radical (unpaired) electrons. The van der Waals surface area contributed by atoms with E-state index in [2.05, 4.69) is 55.7 Å². The van der Waals surface area contributed by atoms with Crippen LogP contribution in [0.4, 0.5) is 0 Å². The van der Waals surface area contributed by atoms with E-state index in [1.807, 2.05) is 0 Å². The number of hydrogen-bond donors (Lipinski definition) is 2. The second-order valence-corrected chi connectivity index (χ2v) is 6.18. The van der Waals surface area contributed by atoms with Crippen LogP contribution in [0.5, 0.6) is 0 Å². The Balaban J connectivity index is 0.00000220. The first-order valence-corrected chi connectivity index (χ1v) is 7.66. The van der Waals surface area contributed by atoms with Gasteiger partial charge in [0.25, 0.3) is 0 Å². The summed E-state index contributed by atoms with van der Waals surface area (Å²) in [5.74, 6) is 0.988. The largest absolute Gasteiger partial charge is 0.352 e. The lowest BCUT2D eigenvalue weighted by atomic mass is 9.94. The highest BCUT2D eigenvalue weighted by atomic mass is 35.5. The Morgan fingerprint density at radius 2 is 1.86 bits per heavy atom.